The molecule has 5 aliphatic carbocycles. The van der Waals surface area contributed by atoms with Crippen molar-refractivity contribution in [3.8, 4) is 0 Å². The lowest BCUT2D eigenvalue weighted by atomic mass is 9.42. The van der Waals surface area contributed by atoms with E-state index in [0.29, 0.717) is 49.2 Å². The molecule has 12 atom stereocenters. The van der Waals surface area contributed by atoms with Crippen LogP contribution in [0.2, 0.25) is 0 Å². The monoisotopic (exact) mass is 546 g/mol. The van der Waals surface area contributed by atoms with Gasteiger partial charge in [-0.3, -0.25) is 0 Å². The Kier molecular flexibility index (Phi) is 6.29. The maximum absolute atomic E-state index is 11.6. The lowest BCUT2D eigenvalue weighted by Gasteiger charge is -2.65. The average Bonchev–Trinajstić information content (AvgIpc) is 3.43. The second kappa shape index (κ2) is 8.89. The van der Waals surface area contributed by atoms with Gasteiger partial charge in [-0.15, -0.1) is 0 Å². The fraction of sp³-hybridized carbons (Fsp3) is 1.00. The number of hydrogen-bond acceptors (Lipinski definition) is 6. The summed E-state index contributed by atoms with van der Waals surface area (Å²) >= 11 is 0. The highest BCUT2D eigenvalue weighted by molar-refractivity contribution is 5.16. The minimum Gasteiger partial charge on any atom is -0.390 e. The Labute approximate surface area is 235 Å². The number of rotatable bonds is 5. The Morgan fingerprint density at radius 2 is 1.54 bits per heavy atom. The van der Waals surface area contributed by atoms with Crippen LogP contribution in [0.1, 0.15) is 106 Å². The first-order chi connectivity index (χ1) is 18.4. The molecule has 0 radical (unpaired) electrons. The molecule has 7 aliphatic rings. The number of aliphatic hydroxyl groups excluding tert-OH is 1. The predicted molar refractivity (Wildman–Crippen MR) is 148 cm³/mol. The molecule has 222 valence electrons. The summed E-state index contributed by atoms with van der Waals surface area (Å²) in [6.45, 7) is 14.8. The Bertz CT molecular complexity index is 958. The maximum atomic E-state index is 11.6. The molecule has 0 amide bonds. The van der Waals surface area contributed by atoms with E-state index < -0.39 is 23.3 Å². The summed E-state index contributed by atoms with van der Waals surface area (Å²) in [4.78, 5) is 0. The SMILES string of the molecule is CCC(O)(C1CC1)[C@H](O)[C@@H](C)[C@H]1CCC2C3CC4(OCCO4)C4C[C@@H]5OC(C)(C)O[C@@H]5C[C@]4(C)C3CC[C@@]21C. The number of aliphatic hydroxyl groups is 2. The van der Waals surface area contributed by atoms with Crippen LogP contribution >= 0.6 is 0 Å². The predicted octanol–water partition coefficient (Wildman–Crippen LogP) is 5.68. The van der Waals surface area contributed by atoms with E-state index in [0.717, 1.165) is 38.5 Å². The first-order valence-electron chi connectivity index (χ1n) is 16.4. The summed E-state index contributed by atoms with van der Waals surface area (Å²) < 4.78 is 26.2. The van der Waals surface area contributed by atoms with E-state index in [-0.39, 0.29) is 34.9 Å². The van der Waals surface area contributed by atoms with Crippen LogP contribution in [0.25, 0.3) is 0 Å². The quantitative estimate of drug-likeness (QED) is 0.462. The molecule has 0 aromatic heterocycles. The number of hydrogen-bond donors (Lipinski definition) is 2. The first kappa shape index (κ1) is 27.6. The highest BCUT2D eigenvalue weighted by atomic mass is 16.8. The smallest absolute Gasteiger partial charge is 0.172 e. The molecule has 5 unspecified atom stereocenters. The van der Waals surface area contributed by atoms with Gasteiger partial charge >= 0.3 is 0 Å². The first-order valence-corrected chi connectivity index (χ1v) is 16.4. The Hall–Kier alpha value is -0.240. The van der Waals surface area contributed by atoms with Gasteiger partial charge in [0, 0.05) is 12.3 Å². The van der Waals surface area contributed by atoms with Crippen molar-refractivity contribution >= 4 is 0 Å². The second-order valence-corrected chi connectivity index (χ2v) is 16.0. The molecular weight excluding hydrogens is 492 g/mol. The molecule has 6 heteroatoms. The lowest BCUT2D eigenvalue weighted by Crippen LogP contribution is -2.65. The fourth-order valence-corrected chi connectivity index (χ4v) is 12.0. The molecule has 0 bridgehead atoms. The minimum absolute atomic E-state index is 0.0944. The maximum Gasteiger partial charge on any atom is 0.172 e. The molecule has 39 heavy (non-hydrogen) atoms. The van der Waals surface area contributed by atoms with Crippen molar-refractivity contribution in [2.24, 2.45) is 52.3 Å². The molecule has 5 saturated carbocycles. The molecule has 2 N–H and O–H groups in total. The molecule has 2 aliphatic heterocycles. The van der Waals surface area contributed by atoms with Gasteiger partial charge in [-0.2, -0.15) is 0 Å². The van der Waals surface area contributed by atoms with Crippen LogP contribution < -0.4 is 0 Å². The number of ether oxygens (including phenoxy) is 4. The third kappa shape index (κ3) is 3.87. The third-order valence-corrected chi connectivity index (χ3v) is 13.9. The minimum atomic E-state index is -0.929. The van der Waals surface area contributed by atoms with E-state index in [9.17, 15) is 10.2 Å². The zero-order chi connectivity index (χ0) is 27.6. The van der Waals surface area contributed by atoms with Crippen molar-refractivity contribution in [1.82, 2.24) is 0 Å². The molecule has 0 aromatic carbocycles. The standard InChI is InChI=1S/C33H54O6/c1-7-32(35,20-8-9-20)28(34)19(2)22-10-11-23-21-17-33(36-14-15-37-33)27-16-25-26(39-29(3,4)38-25)18-31(27,6)24(21)12-13-30(22,23)5/h19-28,34-35H,7-18H2,1-6H3/t19-,21?,22+,23?,24?,25-,26+,27?,28+,30+,31+,32?/m0/s1. The van der Waals surface area contributed by atoms with Gasteiger partial charge in [-0.1, -0.05) is 27.7 Å². The van der Waals surface area contributed by atoms with E-state index in [2.05, 4.69) is 34.6 Å². The zero-order valence-electron chi connectivity index (χ0n) is 25.3. The Morgan fingerprint density at radius 1 is 0.872 bits per heavy atom. The summed E-state index contributed by atoms with van der Waals surface area (Å²) in [5, 5.41) is 23.2. The van der Waals surface area contributed by atoms with Crippen molar-refractivity contribution in [1.29, 1.82) is 0 Å². The van der Waals surface area contributed by atoms with Crippen molar-refractivity contribution in [2.45, 2.75) is 141 Å². The van der Waals surface area contributed by atoms with Crippen LogP contribution in [-0.2, 0) is 18.9 Å². The summed E-state index contributed by atoms with van der Waals surface area (Å²) in [5.41, 5.74) is -0.659. The summed E-state index contributed by atoms with van der Waals surface area (Å²) in [7, 11) is 0. The van der Waals surface area contributed by atoms with Gasteiger partial charge in [0.25, 0.3) is 0 Å². The number of fused-ring (bicyclic) bond motifs is 7. The molecular formula is C33H54O6. The second-order valence-electron chi connectivity index (χ2n) is 16.0. The van der Waals surface area contributed by atoms with E-state index in [4.69, 9.17) is 18.9 Å². The van der Waals surface area contributed by atoms with Gasteiger partial charge in [0.2, 0.25) is 0 Å². The lowest BCUT2D eigenvalue weighted by molar-refractivity contribution is -0.301. The van der Waals surface area contributed by atoms with Crippen molar-refractivity contribution in [3.05, 3.63) is 0 Å². The van der Waals surface area contributed by atoms with Gasteiger partial charge in [-0.05, 0) is 118 Å². The highest BCUT2D eigenvalue weighted by Crippen LogP contribution is 2.71. The molecule has 6 nitrogen and oxygen atoms in total. The van der Waals surface area contributed by atoms with E-state index in [1.165, 1.54) is 19.3 Å². The summed E-state index contributed by atoms with van der Waals surface area (Å²) in [6.07, 6.45) is 10.1. The van der Waals surface area contributed by atoms with Gasteiger partial charge in [-0.25, -0.2) is 0 Å². The molecule has 7 fully saturated rings. The molecule has 2 heterocycles. The molecule has 0 aromatic rings. The average molecular weight is 547 g/mol. The van der Waals surface area contributed by atoms with Crippen molar-refractivity contribution in [3.63, 3.8) is 0 Å². The van der Waals surface area contributed by atoms with Gasteiger partial charge in [0.05, 0.1) is 37.1 Å². The van der Waals surface area contributed by atoms with E-state index in [1.54, 1.807) is 0 Å². The van der Waals surface area contributed by atoms with E-state index in [1.807, 2.05) is 6.92 Å². The van der Waals surface area contributed by atoms with Gasteiger partial charge in [0.15, 0.2) is 11.6 Å². The highest BCUT2D eigenvalue weighted by Gasteiger charge is 2.70. The molecule has 1 spiro atoms. The summed E-state index contributed by atoms with van der Waals surface area (Å²) in [5.74, 6) is 1.89. The van der Waals surface area contributed by atoms with Crippen molar-refractivity contribution in [2.75, 3.05) is 13.2 Å². The zero-order valence-corrected chi connectivity index (χ0v) is 25.3. The van der Waals surface area contributed by atoms with Gasteiger partial charge < -0.3 is 29.2 Å². The molecule has 2 saturated heterocycles. The van der Waals surface area contributed by atoms with Crippen LogP contribution in [0.15, 0.2) is 0 Å². The van der Waals surface area contributed by atoms with Crippen LogP contribution in [0.3, 0.4) is 0 Å². The van der Waals surface area contributed by atoms with Crippen LogP contribution in [0, 0.1) is 52.3 Å². The summed E-state index contributed by atoms with van der Waals surface area (Å²) in [6, 6.07) is 0. The van der Waals surface area contributed by atoms with Crippen LogP contribution in [0.4, 0.5) is 0 Å². The van der Waals surface area contributed by atoms with Crippen molar-refractivity contribution < 1.29 is 29.2 Å². The largest absolute Gasteiger partial charge is 0.390 e. The van der Waals surface area contributed by atoms with Crippen LogP contribution in [0.5, 0.6) is 0 Å². The topological polar surface area (TPSA) is 77.4 Å². The Morgan fingerprint density at radius 3 is 2.21 bits per heavy atom. The normalized spacial score (nSPS) is 50.9. The third-order valence-electron chi connectivity index (χ3n) is 13.9. The fourth-order valence-electron chi connectivity index (χ4n) is 12.0. The van der Waals surface area contributed by atoms with Gasteiger partial charge in [0.1, 0.15) is 0 Å². The van der Waals surface area contributed by atoms with E-state index >= 15 is 0 Å². The Balaban J connectivity index is 1.19. The van der Waals surface area contributed by atoms with Crippen LogP contribution in [-0.4, -0.2) is 58.9 Å². The molecule has 7 rings (SSSR count).